The number of fused-ring (bicyclic) bond motifs is 6. The summed E-state index contributed by atoms with van der Waals surface area (Å²) in [5.41, 5.74) is 0.270. The number of pyridine rings is 2. The van der Waals surface area contributed by atoms with Gasteiger partial charge in [-0.3, -0.25) is 4.79 Å². The van der Waals surface area contributed by atoms with Gasteiger partial charge in [-0.2, -0.15) is 8.42 Å². The van der Waals surface area contributed by atoms with Gasteiger partial charge in [0.2, 0.25) is 0 Å². The minimum Gasteiger partial charge on any atom is -0.480 e. The number of hydrogen-bond donors (Lipinski definition) is 3. The second kappa shape index (κ2) is 9.02. The molecule has 2 aliphatic rings. The van der Waals surface area contributed by atoms with Crippen molar-refractivity contribution in [2.24, 2.45) is 5.92 Å². The van der Waals surface area contributed by atoms with Gasteiger partial charge in [0.1, 0.15) is 17.7 Å². The number of aliphatic carboxylic acids is 1. The number of anilines is 2. The molecular formula is C25H33N5O5S. The van der Waals surface area contributed by atoms with Gasteiger partial charge in [0.25, 0.3) is 15.9 Å². The topological polar surface area (TPSA) is 142 Å². The number of carbonyl (C=O) groups is 2. The van der Waals surface area contributed by atoms with Crippen LogP contribution in [0.1, 0.15) is 69.9 Å². The summed E-state index contributed by atoms with van der Waals surface area (Å²) >= 11 is 0. The van der Waals surface area contributed by atoms with E-state index < -0.39 is 27.9 Å². The Morgan fingerprint density at radius 1 is 1.14 bits per heavy atom. The summed E-state index contributed by atoms with van der Waals surface area (Å²) in [5.74, 6) is -1.15. The van der Waals surface area contributed by atoms with Gasteiger partial charge in [-0.1, -0.05) is 26.8 Å². The molecule has 4 heterocycles. The van der Waals surface area contributed by atoms with Gasteiger partial charge in [0, 0.05) is 23.2 Å². The van der Waals surface area contributed by atoms with Crippen molar-refractivity contribution >= 4 is 33.5 Å². The maximum Gasteiger partial charge on any atom is 0.326 e. The highest BCUT2D eigenvalue weighted by atomic mass is 32.2. The van der Waals surface area contributed by atoms with Gasteiger partial charge >= 0.3 is 5.97 Å². The average Bonchev–Trinajstić information content (AvgIpc) is 3.08. The zero-order valence-corrected chi connectivity index (χ0v) is 22.0. The standard InChI is InChI=1S/C25H33N5O5S/c1-24(2,3)18-12-10-16-21(27-18)30-14-15(13-25(30,4)5)9-11-17(23(32)33)26-19-7-6-8-20(28-19)36(34,35)29-22(16)31/h6-8,10,12,15,17H,9,11,13-14H2,1-5H3,(H,26,28)(H,29,31)(H,32,33)/t15-,17?/m0/s1. The molecular weight excluding hydrogens is 482 g/mol. The first-order valence-corrected chi connectivity index (χ1v) is 13.5. The highest BCUT2D eigenvalue weighted by molar-refractivity contribution is 7.90. The fourth-order valence-corrected chi connectivity index (χ4v) is 5.85. The molecule has 3 N–H and O–H groups in total. The molecule has 0 saturated carbocycles. The maximum absolute atomic E-state index is 13.4. The van der Waals surface area contributed by atoms with Crippen molar-refractivity contribution in [2.45, 2.75) is 75.9 Å². The van der Waals surface area contributed by atoms with Crippen LogP contribution in [-0.4, -0.2) is 53.5 Å². The van der Waals surface area contributed by atoms with Crippen LogP contribution in [0.25, 0.3) is 0 Å². The van der Waals surface area contributed by atoms with Crippen molar-refractivity contribution in [1.82, 2.24) is 14.7 Å². The van der Waals surface area contributed by atoms with Crippen molar-refractivity contribution in [3.05, 3.63) is 41.6 Å². The van der Waals surface area contributed by atoms with Crippen molar-refractivity contribution in [3.8, 4) is 0 Å². The van der Waals surface area contributed by atoms with Crippen LogP contribution in [0.15, 0.2) is 35.4 Å². The largest absolute Gasteiger partial charge is 0.480 e. The first-order valence-electron chi connectivity index (χ1n) is 12.0. The van der Waals surface area contributed by atoms with Crippen molar-refractivity contribution < 1.29 is 23.1 Å². The number of sulfonamides is 1. The number of carbonyl (C=O) groups excluding carboxylic acids is 1. The minimum absolute atomic E-state index is 0.109. The molecule has 4 bridgehead atoms. The summed E-state index contributed by atoms with van der Waals surface area (Å²) in [4.78, 5) is 36.3. The van der Waals surface area contributed by atoms with Gasteiger partial charge in [-0.15, -0.1) is 0 Å². The normalized spacial score (nSPS) is 23.5. The van der Waals surface area contributed by atoms with Crippen LogP contribution in [0.4, 0.5) is 11.6 Å². The van der Waals surface area contributed by atoms with E-state index in [1.54, 1.807) is 12.1 Å². The molecule has 2 atom stereocenters. The molecule has 4 rings (SSSR count). The Labute approximate surface area is 211 Å². The van der Waals surface area contributed by atoms with Gasteiger partial charge in [-0.25, -0.2) is 19.5 Å². The zero-order chi connectivity index (χ0) is 26.5. The van der Waals surface area contributed by atoms with Gasteiger partial charge in [-0.05, 0) is 63.3 Å². The van der Waals surface area contributed by atoms with E-state index in [0.717, 1.165) is 12.1 Å². The summed E-state index contributed by atoms with van der Waals surface area (Å²) in [6.07, 6.45) is 1.73. The highest BCUT2D eigenvalue weighted by Crippen LogP contribution is 2.40. The number of nitrogens with zero attached hydrogens (tertiary/aromatic N) is 3. The summed E-state index contributed by atoms with van der Waals surface area (Å²) in [6, 6.07) is 6.65. The number of carboxylic acid groups (broad SMARTS) is 1. The number of amides is 1. The Kier molecular flexibility index (Phi) is 6.48. The third-order valence-corrected chi connectivity index (χ3v) is 8.05. The molecule has 0 aromatic carbocycles. The molecule has 36 heavy (non-hydrogen) atoms. The number of nitrogens with one attached hydrogen (secondary N) is 2. The molecule has 1 amide bonds. The van der Waals surface area contributed by atoms with Crippen LogP contribution in [0, 0.1) is 5.92 Å². The highest BCUT2D eigenvalue weighted by Gasteiger charge is 2.41. The number of hydrogen-bond acceptors (Lipinski definition) is 8. The molecule has 2 aromatic heterocycles. The van der Waals surface area contributed by atoms with E-state index in [-0.39, 0.29) is 33.3 Å². The number of rotatable bonds is 1. The first-order chi connectivity index (χ1) is 16.7. The molecule has 0 radical (unpaired) electrons. The predicted octanol–water partition coefficient (Wildman–Crippen LogP) is 3.16. The van der Waals surface area contributed by atoms with E-state index in [4.69, 9.17) is 4.98 Å². The van der Waals surface area contributed by atoms with Crippen LogP contribution in [0.2, 0.25) is 0 Å². The lowest BCUT2D eigenvalue weighted by Gasteiger charge is -2.34. The molecule has 194 valence electrons. The average molecular weight is 516 g/mol. The summed E-state index contributed by atoms with van der Waals surface area (Å²) < 4.78 is 28.3. The Balaban J connectivity index is 1.86. The lowest BCUT2D eigenvalue weighted by Crippen LogP contribution is -2.41. The molecule has 2 aromatic rings. The van der Waals surface area contributed by atoms with E-state index in [0.29, 0.717) is 25.2 Å². The Morgan fingerprint density at radius 2 is 1.86 bits per heavy atom. The summed E-state index contributed by atoms with van der Waals surface area (Å²) in [6.45, 7) is 10.7. The minimum atomic E-state index is -4.33. The molecule has 10 nitrogen and oxygen atoms in total. The fourth-order valence-electron chi connectivity index (χ4n) is 4.91. The van der Waals surface area contributed by atoms with Gasteiger partial charge < -0.3 is 15.3 Å². The SMILES string of the molecule is CC(C)(C)c1ccc2c(n1)N1C[C@@H](CCC(C(=O)O)Nc3cccc(n3)S(=O)(=O)NC2=O)CC1(C)C. The first kappa shape index (κ1) is 25.9. The lowest BCUT2D eigenvalue weighted by molar-refractivity contribution is -0.138. The van der Waals surface area contributed by atoms with Crippen molar-refractivity contribution in [2.75, 3.05) is 16.8 Å². The summed E-state index contributed by atoms with van der Waals surface area (Å²) in [7, 11) is -4.33. The molecule has 0 spiro atoms. The second-order valence-corrected chi connectivity index (χ2v) is 12.8. The Morgan fingerprint density at radius 3 is 2.53 bits per heavy atom. The van der Waals surface area contributed by atoms with Gasteiger partial charge in [0.05, 0.1) is 5.56 Å². The quantitative estimate of drug-likeness (QED) is 0.522. The molecule has 1 unspecified atom stereocenters. The van der Waals surface area contributed by atoms with Gasteiger partial charge in [0.15, 0.2) is 5.03 Å². The number of carboxylic acids is 1. The van der Waals surface area contributed by atoms with E-state index >= 15 is 0 Å². The van der Waals surface area contributed by atoms with Crippen LogP contribution < -0.4 is 14.9 Å². The van der Waals surface area contributed by atoms with Crippen LogP contribution in [0.5, 0.6) is 0 Å². The molecule has 1 saturated heterocycles. The van der Waals surface area contributed by atoms with E-state index in [2.05, 4.69) is 33.8 Å². The Bertz CT molecular complexity index is 1300. The van der Waals surface area contributed by atoms with E-state index in [1.165, 1.54) is 18.2 Å². The Hall–Kier alpha value is -3.21. The summed E-state index contributed by atoms with van der Waals surface area (Å²) in [5, 5.41) is 12.2. The smallest absolute Gasteiger partial charge is 0.326 e. The molecule has 1 fully saturated rings. The van der Waals surface area contributed by atoms with E-state index in [1.807, 2.05) is 20.8 Å². The molecule has 0 aliphatic carbocycles. The van der Waals surface area contributed by atoms with E-state index in [9.17, 15) is 23.1 Å². The monoisotopic (exact) mass is 515 g/mol. The van der Waals surface area contributed by atoms with Crippen molar-refractivity contribution in [3.63, 3.8) is 0 Å². The molecule has 2 aliphatic heterocycles. The predicted molar refractivity (Wildman–Crippen MR) is 136 cm³/mol. The third kappa shape index (κ3) is 5.16. The fraction of sp³-hybridized carbons (Fsp3) is 0.520. The third-order valence-electron chi connectivity index (χ3n) is 6.81. The van der Waals surface area contributed by atoms with Crippen LogP contribution >= 0.6 is 0 Å². The lowest BCUT2D eigenvalue weighted by atomic mass is 9.91. The maximum atomic E-state index is 13.4. The number of aromatic nitrogens is 2. The second-order valence-electron chi connectivity index (χ2n) is 11.2. The van der Waals surface area contributed by atoms with Crippen LogP contribution in [0.3, 0.4) is 0 Å². The van der Waals surface area contributed by atoms with Crippen molar-refractivity contribution in [1.29, 1.82) is 0 Å². The zero-order valence-electron chi connectivity index (χ0n) is 21.2. The van der Waals surface area contributed by atoms with Crippen LogP contribution in [-0.2, 0) is 20.2 Å². The molecule has 11 heteroatoms.